The van der Waals surface area contributed by atoms with E-state index in [9.17, 15) is 9.59 Å². The smallest absolute Gasteiger partial charge is 0.251 e. The number of guanidine groups is 1. The summed E-state index contributed by atoms with van der Waals surface area (Å²) >= 11 is 0. The zero-order valence-electron chi connectivity index (χ0n) is 16.4. The van der Waals surface area contributed by atoms with Gasteiger partial charge in [0.05, 0.1) is 6.54 Å². The zero-order valence-corrected chi connectivity index (χ0v) is 16.4. The van der Waals surface area contributed by atoms with Gasteiger partial charge in [-0.1, -0.05) is 12.1 Å². The van der Waals surface area contributed by atoms with Gasteiger partial charge in [-0.25, -0.2) is 4.99 Å². The Kier molecular flexibility index (Phi) is 8.61. The van der Waals surface area contributed by atoms with Crippen molar-refractivity contribution in [2.24, 2.45) is 4.99 Å². The van der Waals surface area contributed by atoms with Gasteiger partial charge in [0, 0.05) is 44.7 Å². The van der Waals surface area contributed by atoms with Crippen molar-refractivity contribution in [1.82, 2.24) is 20.9 Å². The predicted molar refractivity (Wildman–Crippen MR) is 108 cm³/mol. The number of hydrogen-bond donors (Lipinski definition) is 3. The molecule has 7 nitrogen and oxygen atoms in total. The van der Waals surface area contributed by atoms with E-state index in [2.05, 4.69) is 20.9 Å². The van der Waals surface area contributed by atoms with Crippen molar-refractivity contribution in [3.8, 4) is 0 Å². The number of nitrogens with one attached hydrogen (secondary N) is 3. The first-order valence-electron chi connectivity index (χ1n) is 9.81. The van der Waals surface area contributed by atoms with Gasteiger partial charge in [-0.05, 0) is 44.4 Å². The van der Waals surface area contributed by atoms with Crippen molar-refractivity contribution in [2.75, 3.05) is 32.7 Å². The molecule has 1 aromatic rings. The highest BCUT2D eigenvalue weighted by atomic mass is 16.2. The molecule has 1 aliphatic heterocycles. The first kappa shape index (κ1) is 20.7. The van der Waals surface area contributed by atoms with Crippen molar-refractivity contribution in [2.45, 2.75) is 39.7 Å². The number of carbonyl (C=O) groups excluding carboxylic acids is 2. The molecule has 7 heteroatoms. The molecule has 0 bridgehead atoms. The summed E-state index contributed by atoms with van der Waals surface area (Å²) in [6.45, 7) is 8.33. The number of hydrogen-bond acceptors (Lipinski definition) is 3. The Hall–Kier alpha value is -2.57. The number of likely N-dealkylation sites (tertiary alicyclic amines) is 1. The van der Waals surface area contributed by atoms with Crippen LogP contribution in [0.2, 0.25) is 0 Å². The molecule has 1 fully saturated rings. The van der Waals surface area contributed by atoms with E-state index in [0.29, 0.717) is 25.1 Å². The summed E-state index contributed by atoms with van der Waals surface area (Å²) in [6.07, 6.45) is 2.57. The fraction of sp³-hybridized carbons (Fsp3) is 0.550. The van der Waals surface area contributed by atoms with Crippen molar-refractivity contribution in [3.63, 3.8) is 0 Å². The van der Waals surface area contributed by atoms with E-state index in [0.717, 1.165) is 50.5 Å². The van der Waals surface area contributed by atoms with Crippen molar-refractivity contribution in [1.29, 1.82) is 0 Å². The molecule has 27 heavy (non-hydrogen) atoms. The number of carbonyl (C=O) groups is 2. The van der Waals surface area contributed by atoms with Crippen LogP contribution in [0, 0.1) is 0 Å². The molecule has 1 saturated heterocycles. The molecule has 1 aliphatic rings. The van der Waals surface area contributed by atoms with E-state index in [1.165, 1.54) is 0 Å². The molecule has 1 heterocycles. The van der Waals surface area contributed by atoms with Crippen LogP contribution in [0.4, 0.5) is 0 Å². The minimum absolute atomic E-state index is 0.0564. The molecule has 2 rings (SSSR count). The van der Waals surface area contributed by atoms with Gasteiger partial charge >= 0.3 is 0 Å². The van der Waals surface area contributed by atoms with Crippen LogP contribution in [0.3, 0.4) is 0 Å². The number of amides is 2. The molecule has 0 unspecified atom stereocenters. The second-order valence-corrected chi connectivity index (χ2v) is 6.52. The highest BCUT2D eigenvalue weighted by Crippen LogP contribution is 2.09. The van der Waals surface area contributed by atoms with Crippen molar-refractivity contribution >= 4 is 17.8 Å². The van der Waals surface area contributed by atoms with Crippen LogP contribution in [-0.2, 0) is 11.3 Å². The van der Waals surface area contributed by atoms with Gasteiger partial charge in [0.1, 0.15) is 0 Å². The van der Waals surface area contributed by atoms with Crippen LogP contribution in [-0.4, -0.2) is 55.4 Å². The quantitative estimate of drug-likeness (QED) is 0.348. The second kappa shape index (κ2) is 11.2. The monoisotopic (exact) mass is 373 g/mol. The Balaban J connectivity index is 1.79. The topological polar surface area (TPSA) is 85.8 Å². The molecule has 0 aliphatic carbocycles. The highest BCUT2D eigenvalue weighted by molar-refractivity contribution is 5.94. The van der Waals surface area contributed by atoms with Crippen LogP contribution in [0.5, 0.6) is 0 Å². The van der Waals surface area contributed by atoms with Gasteiger partial charge in [-0.15, -0.1) is 0 Å². The van der Waals surface area contributed by atoms with Gasteiger partial charge in [0.2, 0.25) is 5.91 Å². The van der Waals surface area contributed by atoms with E-state index in [1.54, 1.807) is 0 Å². The number of nitrogens with zero attached hydrogens (tertiary/aromatic N) is 2. The molecule has 2 amide bonds. The predicted octanol–water partition coefficient (Wildman–Crippen LogP) is 1.50. The molecule has 1 aromatic carbocycles. The maximum Gasteiger partial charge on any atom is 0.251 e. The third-order valence-corrected chi connectivity index (χ3v) is 4.39. The lowest BCUT2D eigenvalue weighted by molar-refractivity contribution is -0.127. The Labute approximate surface area is 161 Å². The van der Waals surface area contributed by atoms with E-state index in [1.807, 2.05) is 43.0 Å². The number of benzene rings is 1. The second-order valence-electron chi connectivity index (χ2n) is 6.52. The maximum atomic E-state index is 11.8. The summed E-state index contributed by atoms with van der Waals surface area (Å²) in [5.74, 6) is 0.976. The third kappa shape index (κ3) is 6.92. The fourth-order valence-electron chi connectivity index (χ4n) is 2.95. The zero-order chi connectivity index (χ0) is 19.5. The lowest BCUT2D eigenvalue weighted by Crippen LogP contribution is -2.39. The summed E-state index contributed by atoms with van der Waals surface area (Å²) in [4.78, 5) is 29.9. The normalized spacial score (nSPS) is 14.4. The molecule has 0 radical (unpaired) electrons. The van der Waals surface area contributed by atoms with E-state index in [-0.39, 0.29) is 11.8 Å². The summed E-state index contributed by atoms with van der Waals surface area (Å²) in [7, 11) is 0. The molecule has 0 spiro atoms. The maximum absolute atomic E-state index is 11.8. The minimum atomic E-state index is -0.0564. The van der Waals surface area contributed by atoms with Gasteiger partial charge in [-0.3, -0.25) is 9.59 Å². The Morgan fingerprint density at radius 1 is 1.11 bits per heavy atom. The van der Waals surface area contributed by atoms with Gasteiger partial charge in [0.25, 0.3) is 5.91 Å². The average Bonchev–Trinajstić information content (AvgIpc) is 3.08. The summed E-state index contributed by atoms with van der Waals surface area (Å²) in [5.41, 5.74) is 1.70. The number of rotatable bonds is 9. The molecule has 148 valence electrons. The summed E-state index contributed by atoms with van der Waals surface area (Å²) in [5, 5.41) is 9.33. The molecule has 0 aromatic heterocycles. The lowest BCUT2D eigenvalue weighted by atomic mass is 10.1. The van der Waals surface area contributed by atoms with Crippen molar-refractivity contribution in [3.05, 3.63) is 35.4 Å². The molecule has 0 atom stereocenters. The summed E-state index contributed by atoms with van der Waals surface area (Å²) in [6, 6.07) is 7.50. The first-order valence-corrected chi connectivity index (χ1v) is 9.81. The standard InChI is InChI=1S/C20H31N5O2/c1-3-21-19(27)17-10-8-16(9-11-17)15-24-20(22-4-2)23-12-6-14-25-13-5-7-18(25)26/h8-11H,3-7,12-15H2,1-2H3,(H,21,27)(H2,22,23,24). The Bertz CT molecular complexity index is 642. The van der Waals surface area contributed by atoms with Crippen LogP contribution in [0.15, 0.2) is 29.3 Å². The molecule has 3 N–H and O–H groups in total. The van der Waals surface area contributed by atoms with Gasteiger partial charge in [-0.2, -0.15) is 0 Å². The Morgan fingerprint density at radius 2 is 1.85 bits per heavy atom. The molecular weight excluding hydrogens is 342 g/mol. The minimum Gasteiger partial charge on any atom is -0.357 e. The molecule has 0 saturated carbocycles. The van der Waals surface area contributed by atoms with E-state index < -0.39 is 0 Å². The van der Waals surface area contributed by atoms with E-state index in [4.69, 9.17) is 0 Å². The van der Waals surface area contributed by atoms with Crippen LogP contribution < -0.4 is 16.0 Å². The lowest BCUT2D eigenvalue weighted by Gasteiger charge is -2.16. The Morgan fingerprint density at radius 3 is 2.48 bits per heavy atom. The third-order valence-electron chi connectivity index (χ3n) is 4.39. The highest BCUT2D eigenvalue weighted by Gasteiger charge is 2.18. The van der Waals surface area contributed by atoms with Gasteiger partial charge in [0.15, 0.2) is 5.96 Å². The SMILES string of the molecule is CCNC(=O)c1ccc(CN=C(NCC)NCCCN2CCCC2=O)cc1. The van der Waals surface area contributed by atoms with Crippen LogP contribution in [0.25, 0.3) is 0 Å². The van der Waals surface area contributed by atoms with E-state index >= 15 is 0 Å². The van der Waals surface area contributed by atoms with Crippen LogP contribution >= 0.6 is 0 Å². The molecular formula is C20H31N5O2. The largest absolute Gasteiger partial charge is 0.357 e. The average molecular weight is 374 g/mol. The van der Waals surface area contributed by atoms with Gasteiger partial charge < -0.3 is 20.9 Å². The van der Waals surface area contributed by atoms with Crippen molar-refractivity contribution < 1.29 is 9.59 Å². The first-order chi connectivity index (χ1) is 13.1. The fourth-order valence-corrected chi connectivity index (χ4v) is 2.95. The summed E-state index contributed by atoms with van der Waals surface area (Å²) < 4.78 is 0. The number of aliphatic imine (C=N–C) groups is 1. The van der Waals surface area contributed by atoms with Crippen LogP contribution in [0.1, 0.15) is 49.0 Å².